The third-order valence-electron chi connectivity index (χ3n) is 6.52. The molecule has 0 amide bonds. The molecule has 2 aliphatic rings. The summed E-state index contributed by atoms with van der Waals surface area (Å²) in [4.78, 5) is 14.9. The lowest BCUT2D eigenvalue weighted by atomic mass is 9.95. The van der Waals surface area contributed by atoms with E-state index in [2.05, 4.69) is 25.6 Å². The summed E-state index contributed by atoms with van der Waals surface area (Å²) in [5, 5.41) is 6.39. The maximum absolute atomic E-state index is 14.9. The maximum Gasteiger partial charge on any atom is 0.229 e. The Morgan fingerprint density at radius 1 is 1.17 bits per heavy atom. The molecule has 1 fully saturated rings. The lowest BCUT2D eigenvalue weighted by Crippen LogP contribution is -2.49. The van der Waals surface area contributed by atoms with Crippen LogP contribution in [0.1, 0.15) is 33.3 Å². The van der Waals surface area contributed by atoms with Crippen LogP contribution in [0.25, 0.3) is 11.3 Å². The molecule has 2 atom stereocenters. The molecular formula is C26H30F2N6O2. The second-order valence-electron chi connectivity index (χ2n) is 9.68. The van der Waals surface area contributed by atoms with Crippen LogP contribution in [0.5, 0.6) is 5.75 Å². The van der Waals surface area contributed by atoms with Crippen LogP contribution in [0, 0.1) is 11.6 Å². The van der Waals surface area contributed by atoms with Gasteiger partial charge in [-0.15, -0.1) is 0 Å². The molecule has 1 saturated heterocycles. The third-order valence-corrected chi connectivity index (χ3v) is 6.52. The highest BCUT2D eigenvalue weighted by Gasteiger charge is 2.33. The van der Waals surface area contributed by atoms with E-state index in [9.17, 15) is 8.78 Å². The van der Waals surface area contributed by atoms with E-state index >= 15 is 0 Å². The number of hydrogen-bond donors (Lipinski definition) is 2. The fraction of sp³-hybridized carbons (Fsp3) is 0.423. The largest absolute Gasteiger partial charge is 0.486 e. The van der Waals surface area contributed by atoms with Crippen LogP contribution < -0.4 is 20.3 Å². The van der Waals surface area contributed by atoms with Crippen LogP contribution in [-0.4, -0.2) is 53.3 Å². The zero-order valence-electron chi connectivity index (χ0n) is 20.8. The van der Waals surface area contributed by atoms with Gasteiger partial charge in [-0.2, -0.15) is 0 Å². The van der Waals surface area contributed by atoms with E-state index in [1.807, 2.05) is 38.7 Å². The molecule has 190 valence electrons. The lowest BCUT2D eigenvalue weighted by molar-refractivity contribution is -0.103. The summed E-state index contributed by atoms with van der Waals surface area (Å²) in [6.07, 6.45) is 2.91. The number of pyridine rings is 1. The number of hydrogen-bond acceptors (Lipinski definition) is 8. The number of ether oxygens (including phenoxy) is 2. The molecule has 5 rings (SSSR count). The summed E-state index contributed by atoms with van der Waals surface area (Å²) in [7, 11) is 0. The normalized spacial score (nSPS) is 21.8. The predicted octanol–water partition coefficient (Wildman–Crippen LogP) is 4.39. The van der Waals surface area contributed by atoms with Crippen molar-refractivity contribution < 1.29 is 18.3 Å². The van der Waals surface area contributed by atoms with Crippen LogP contribution >= 0.6 is 0 Å². The van der Waals surface area contributed by atoms with Crippen molar-refractivity contribution in [3.8, 4) is 17.0 Å². The number of morpholine rings is 1. The summed E-state index contributed by atoms with van der Waals surface area (Å²) in [6.45, 7) is 10.6. The smallest absolute Gasteiger partial charge is 0.229 e. The average molecular weight is 497 g/mol. The molecule has 36 heavy (non-hydrogen) atoms. The molecule has 2 N–H and O–H groups in total. The van der Waals surface area contributed by atoms with Crippen molar-refractivity contribution >= 4 is 17.5 Å². The number of halogens is 2. The fourth-order valence-corrected chi connectivity index (χ4v) is 4.71. The summed E-state index contributed by atoms with van der Waals surface area (Å²) in [5.41, 5.74) is 1.33. The Morgan fingerprint density at radius 2 is 2.00 bits per heavy atom. The minimum Gasteiger partial charge on any atom is -0.486 e. The minimum atomic E-state index is -0.653. The van der Waals surface area contributed by atoms with Crippen LogP contribution in [0.2, 0.25) is 0 Å². The van der Waals surface area contributed by atoms with Crippen molar-refractivity contribution in [3.05, 3.63) is 53.9 Å². The second kappa shape index (κ2) is 9.59. The number of benzene rings is 1. The van der Waals surface area contributed by atoms with E-state index in [-0.39, 0.29) is 29.5 Å². The average Bonchev–Trinajstić information content (AvgIpc) is 2.85. The third kappa shape index (κ3) is 4.70. The molecule has 0 spiro atoms. The summed E-state index contributed by atoms with van der Waals surface area (Å²) in [6, 6.07) is 6.80. The lowest BCUT2D eigenvalue weighted by Gasteiger charge is -2.38. The van der Waals surface area contributed by atoms with Gasteiger partial charge in [-0.1, -0.05) is 6.07 Å². The van der Waals surface area contributed by atoms with Gasteiger partial charge in [-0.25, -0.2) is 23.7 Å². The van der Waals surface area contributed by atoms with Gasteiger partial charge in [0.05, 0.1) is 24.5 Å². The topological polar surface area (TPSA) is 84.4 Å². The molecule has 4 heterocycles. The Labute approximate surface area is 209 Å². The van der Waals surface area contributed by atoms with Gasteiger partial charge in [-0.05, 0) is 45.9 Å². The number of nitrogens with zero attached hydrogens (tertiary/aromatic N) is 4. The Bertz CT molecular complexity index is 1260. The molecule has 0 radical (unpaired) electrons. The quantitative estimate of drug-likeness (QED) is 0.538. The number of nitrogens with one attached hydrogen (secondary N) is 2. The SMILES string of the molecule is CC1CNCC(C)(c2ccc(Nc3ncc(F)c(-c4cc(F)c5c(c4)N(C(C)C)CCO5)n3)nc2)O1. The first-order valence-corrected chi connectivity index (χ1v) is 12.1. The highest BCUT2D eigenvalue weighted by atomic mass is 19.1. The zero-order chi connectivity index (χ0) is 25.4. The Kier molecular flexibility index (Phi) is 6.48. The summed E-state index contributed by atoms with van der Waals surface area (Å²) < 4.78 is 41.4. The fourth-order valence-electron chi connectivity index (χ4n) is 4.71. The molecule has 1 aromatic carbocycles. The molecule has 2 aromatic heterocycles. The molecule has 0 aliphatic carbocycles. The Balaban J connectivity index is 1.41. The number of aromatic nitrogens is 3. The van der Waals surface area contributed by atoms with Crippen molar-refractivity contribution in [1.82, 2.24) is 20.3 Å². The van der Waals surface area contributed by atoms with Gasteiger partial charge in [0.2, 0.25) is 5.95 Å². The minimum absolute atomic E-state index is 0.0109. The molecule has 0 bridgehead atoms. The first-order chi connectivity index (χ1) is 17.2. The van der Waals surface area contributed by atoms with Gasteiger partial charge in [0.1, 0.15) is 23.7 Å². The van der Waals surface area contributed by atoms with Crippen LogP contribution in [0.3, 0.4) is 0 Å². The highest BCUT2D eigenvalue weighted by Crippen LogP contribution is 2.39. The maximum atomic E-state index is 14.9. The van der Waals surface area contributed by atoms with E-state index in [1.54, 1.807) is 18.3 Å². The van der Waals surface area contributed by atoms with E-state index < -0.39 is 17.2 Å². The van der Waals surface area contributed by atoms with Gasteiger partial charge < -0.3 is 25.0 Å². The van der Waals surface area contributed by atoms with Gasteiger partial charge in [0, 0.05) is 36.5 Å². The highest BCUT2D eigenvalue weighted by molar-refractivity contribution is 5.73. The predicted molar refractivity (Wildman–Crippen MR) is 134 cm³/mol. The second-order valence-corrected chi connectivity index (χ2v) is 9.68. The van der Waals surface area contributed by atoms with Crippen molar-refractivity contribution in [2.24, 2.45) is 0 Å². The van der Waals surface area contributed by atoms with E-state index in [0.29, 0.717) is 36.8 Å². The Morgan fingerprint density at radius 3 is 2.72 bits per heavy atom. The van der Waals surface area contributed by atoms with Crippen molar-refractivity contribution in [3.63, 3.8) is 0 Å². The first kappa shape index (κ1) is 24.3. The standard InChI is InChI=1S/C26H30F2N6O2/c1-15(2)34-7-8-35-24-19(27)9-17(10-21(24)34)23-20(28)13-31-25(33-23)32-22-6-5-18(12-30-22)26(4)14-29-11-16(3)36-26/h5-6,9-10,12-13,15-16,29H,7-8,11,14H2,1-4H3,(H,30,31,32,33). The van der Waals surface area contributed by atoms with Crippen molar-refractivity contribution in [1.29, 1.82) is 0 Å². The van der Waals surface area contributed by atoms with Gasteiger partial charge >= 0.3 is 0 Å². The van der Waals surface area contributed by atoms with E-state index in [0.717, 1.165) is 18.3 Å². The van der Waals surface area contributed by atoms with Gasteiger partial charge in [-0.3, -0.25) is 0 Å². The molecule has 10 heteroatoms. The molecule has 2 unspecified atom stereocenters. The van der Waals surface area contributed by atoms with E-state index in [4.69, 9.17) is 9.47 Å². The number of anilines is 3. The van der Waals surface area contributed by atoms with Crippen LogP contribution in [-0.2, 0) is 10.3 Å². The summed E-state index contributed by atoms with van der Waals surface area (Å²) >= 11 is 0. The molecule has 0 saturated carbocycles. The molecule has 2 aliphatic heterocycles. The monoisotopic (exact) mass is 496 g/mol. The van der Waals surface area contributed by atoms with Crippen molar-refractivity contribution in [2.75, 3.05) is 36.5 Å². The number of fused-ring (bicyclic) bond motifs is 1. The Hall–Kier alpha value is -3.37. The zero-order valence-corrected chi connectivity index (χ0v) is 20.8. The van der Waals surface area contributed by atoms with Crippen LogP contribution in [0.15, 0.2) is 36.7 Å². The summed E-state index contributed by atoms with van der Waals surface area (Å²) in [5.74, 6) is -0.388. The first-order valence-electron chi connectivity index (χ1n) is 12.1. The molecular weight excluding hydrogens is 466 g/mol. The van der Waals surface area contributed by atoms with Crippen LogP contribution in [0.4, 0.5) is 26.2 Å². The number of rotatable bonds is 5. The van der Waals surface area contributed by atoms with E-state index in [1.165, 1.54) is 6.07 Å². The van der Waals surface area contributed by atoms with Gasteiger partial charge in [0.25, 0.3) is 0 Å². The molecule has 8 nitrogen and oxygen atoms in total. The van der Waals surface area contributed by atoms with Crippen molar-refractivity contribution in [2.45, 2.75) is 45.4 Å². The van der Waals surface area contributed by atoms with Gasteiger partial charge in [0.15, 0.2) is 17.4 Å². The molecule has 3 aromatic rings.